The molecule has 2 aliphatic rings. The Bertz CT molecular complexity index is 1130. The molecule has 0 aromatic heterocycles. The molecule has 0 heterocycles. The number of aldehydes is 1. The van der Waals surface area contributed by atoms with Crippen LogP contribution in [0.2, 0.25) is 5.02 Å². The molecule has 198 valence electrons. The van der Waals surface area contributed by atoms with Crippen molar-refractivity contribution in [2.24, 2.45) is 22.2 Å². The minimum Gasteiger partial charge on any atom is -0.313 e. The molecule has 2 aromatic carbocycles. The third-order valence-electron chi connectivity index (χ3n) is 8.32. The third-order valence-corrected chi connectivity index (χ3v) is 8.54. The molecule has 3 unspecified atom stereocenters. The lowest BCUT2D eigenvalue weighted by Gasteiger charge is -2.49. The van der Waals surface area contributed by atoms with Gasteiger partial charge in [-0.2, -0.15) is 0 Å². The molecule has 0 radical (unpaired) electrons. The fourth-order valence-corrected chi connectivity index (χ4v) is 6.45. The molecule has 1 amide bonds. The van der Waals surface area contributed by atoms with Gasteiger partial charge in [0.2, 0.25) is 6.41 Å². The van der Waals surface area contributed by atoms with Gasteiger partial charge in [0, 0.05) is 16.3 Å². The molecule has 2 fully saturated rings. The Kier molecular flexibility index (Phi) is 8.23. The summed E-state index contributed by atoms with van der Waals surface area (Å²) in [4.78, 5) is 31.5. The van der Waals surface area contributed by atoms with Crippen LogP contribution in [0.3, 0.4) is 0 Å². The number of amides is 1. The van der Waals surface area contributed by atoms with Crippen LogP contribution in [-0.2, 0) is 4.79 Å². The lowest BCUT2D eigenvalue weighted by atomic mass is 9.74. The van der Waals surface area contributed by atoms with Crippen LogP contribution in [-0.4, -0.2) is 29.0 Å². The summed E-state index contributed by atoms with van der Waals surface area (Å²) in [6.07, 6.45) is 8.60. The molecule has 37 heavy (non-hydrogen) atoms. The molecular weight excluding hydrogens is 487 g/mol. The minimum absolute atomic E-state index is 0.180. The second-order valence-electron chi connectivity index (χ2n) is 11.9. The Morgan fingerprint density at radius 1 is 1.14 bits per heavy atom. The van der Waals surface area contributed by atoms with Crippen molar-refractivity contribution < 1.29 is 14.0 Å². The zero-order valence-corrected chi connectivity index (χ0v) is 23.1. The highest BCUT2D eigenvalue weighted by Crippen LogP contribution is 2.52. The van der Waals surface area contributed by atoms with Crippen LogP contribution >= 0.6 is 11.6 Å². The van der Waals surface area contributed by atoms with Gasteiger partial charge < -0.3 is 4.90 Å². The molecule has 3 atom stereocenters. The van der Waals surface area contributed by atoms with Gasteiger partial charge in [-0.15, -0.1) is 0 Å². The number of nitrogens with zero attached hydrogens (tertiary/aromatic N) is 2. The molecule has 2 aromatic rings. The van der Waals surface area contributed by atoms with Gasteiger partial charge in [0.15, 0.2) is 0 Å². The smallest absolute Gasteiger partial charge is 0.212 e. The average Bonchev–Trinajstić information content (AvgIpc) is 3.57. The molecule has 0 bridgehead atoms. The fraction of sp³-hybridized carbons (Fsp3) is 0.516. The first-order valence-electron chi connectivity index (χ1n) is 13.4. The maximum absolute atomic E-state index is 14.2. The van der Waals surface area contributed by atoms with Crippen molar-refractivity contribution in [1.29, 1.82) is 0 Å². The average molecular weight is 525 g/mol. The van der Waals surface area contributed by atoms with Crippen molar-refractivity contribution in [3.05, 3.63) is 70.0 Å². The molecule has 2 saturated carbocycles. The van der Waals surface area contributed by atoms with Gasteiger partial charge in [-0.25, -0.2) is 4.39 Å². The first-order valence-corrected chi connectivity index (χ1v) is 13.8. The number of carbonyl (C=O) groups is 2. The zero-order valence-electron chi connectivity index (χ0n) is 22.3. The van der Waals surface area contributed by atoms with E-state index in [1.54, 1.807) is 6.07 Å². The standard InChI is InChI=1S/C31H38ClFN2O2/c1-21-13-22(2)18-31(17-21,34-23(3)26-14-27(32)16-28(33)15-26)35(20-37)29(9-10-30(4)11-12-30)25-7-5-24(19-36)6-8-25/h5-8,14-16,19-22,29H,9-13,17-18H2,1-4H3/b34-23+. The number of hydrogen-bond donors (Lipinski definition) is 0. The predicted molar refractivity (Wildman–Crippen MR) is 148 cm³/mol. The van der Waals surface area contributed by atoms with Crippen LogP contribution in [0.15, 0.2) is 47.5 Å². The number of hydrogen-bond acceptors (Lipinski definition) is 3. The quantitative estimate of drug-likeness (QED) is 0.233. The number of benzene rings is 2. The summed E-state index contributed by atoms with van der Waals surface area (Å²) in [5.74, 6) is 0.338. The lowest BCUT2D eigenvalue weighted by Crippen LogP contribution is -2.53. The van der Waals surface area contributed by atoms with E-state index < -0.39 is 11.5 Å². The zero-order chi connectivity index (χ0) is 26.8. The van der Waals surface area contributed by atoms with Crippen LogP contribution in [0, 0.1) is 23.1 Å². The predicted octanol–water partition coefficient (Wildman–Crippen LogP) is 8.03. The highest BCUT2D eigenvalue weighted by Gasteiger charge is 2.46. The fourth-order valence-electron chi connectivity index (χ4n) is 6.23. The third kappa shape index (κ3) is 6.49. The first kappa shape index (κ1) is 27.5. The summed E-state index contributed by atoms with van der Waals surface area (Å²) in [6, 6.07) is 11.8. The summed E-state index contributed by atoms with van der Waals surface area (Å²) in [5, 5.41) is 0.321. The molecule has 6 heteroatoms. The van der Waals surface area contributed by atoms with E-state index >= 15 is 0 Å². The van der Waals surface area contributed by atoms with E-state index in [0.29, 0.717) is 39.1 Å². The second-order valence-corrected chi connectivity index (χ2v) is 12.3. The Hall–Kier alpha value is -2.53. The maximum Gasteiger partial charge on any atom is 0.212 e. The monoisotopic (exact) mass is 524 g/mol. The number of aliphatic imine (C=N–C) groups is 1. The molecular formula is C31H38ClFN2O2. The van der Waals surface area contributed by atoms with Gasteiger partial charge in [0.05, 0.1) is 6.04 Å². The highest BCUT2D eigenvalue weighted by atomic mass is 35.5. The first-order chi connectivity index (χ1) is 17.6. The number of carbonyl (C=O) groups excluding carboxylic acids is 2. The van der Waals surface area contributed by atoms with Gasteiger partial charge in [-0.1, -0.05) is 56.6 Å². The largest absolute Gasteiger partial charge is 0.313 e. The topological polar surface area (TPSA) is 49.7 Å². The van der Waals surface area contributed by atoms with Crippen LogP contribution in [0.1, 0.15) is 100 Å². The van der Waals surface area contributed by atoms with Gasteiger partial charge in [-0.05, 0) is 98.4 Å². The van der Waals surface area contributed by atoms with E-state index in [-0.39, 0.29) is 6.04 Å². The molecule has 0 saturated heterocycles. The summed E-state index contributed by atoms with van der Waals surface area (Å²) in [6.45, 7) is 8.62. The van der Waals surface area contributed by atoms with Crippen LogP contribution in [0.4, 0.5) is 4.39 Å². The Labute approximate surface area is 225 Å². The molecule has 0 spiro atoms. The molecule has 0 aliphatic heterocycles. The summed E-state index contributed by atoms with van der Waals surface area (Å²) >= 11 is 6.17. The van der Waals surface area contributed by atoms with Crippen molar-refractivity contribution in [2.45, 2.75) is 84.3 Å². The summed E-state index contributed by atoms with van der Waals surface area (Å²) in [5.41, 5.74) is 2.47. The Morgan fingerprint density at radius 2 is 1.78 bits per heavy atom. The number of halogens is 2. The van der Waals surface area contributed by atoms with Crippen molar-refractivity contribution in [1.82, 2.24) is 4.90 Å². The highest BCUT2D eigenvalue weighted by molar-refractivity contribution is 6.31. The van der Waals surface area contributed by atoms with E-state index in [0.717, 1.165) is 50.4 Å². The van der Waals surface area contributed by atoms with Crippen molar-refractivity contribution in [2.75, 3.05) is 0 Å². The Balaban J connectivity index is 1.81. The van der Waals surface area contributed by atoms with Gasteiger partial charge in [0.1, 0.15) is 17.8 Å². The number of rotatable bonds is 10. The van der Waals surface area contributed by atoms with Crippen LogP contribution < -0.4 is 0 Å². The van der Waals surface area contributed by atoms with Crippen LogP contribution in [0.5, 0.6) is 0 Å². The molecule has 2 aliphatic carbocycles. The van der Waals surface area contributed by atoms with Crippen molar-refractivity contribution >= 4 is 30.0 Å². The minimum atomic E-state index is -0.764. The molecule has 4 rings (SSSR count). The maximum atomic E-state index is 14.2. The second kappa shape index (κ2) is 11.1. The van der Waals surface area contributed by atoms with E-state index in [9.17, 15) is 14.0 Å². The molecule has 4 nitrogen and oxygen atoms in total. The Morgan fingerprint density at radius 3 is 2.32 bits per heavy atom. The van der Waals surface area contributed by atoms with Crippen molar-refractivity contribution in [3.8, 4) is 0 Å². The lowest BCUT2D eigenvalue weighted by molar-refractivity contribution is -0.131. The normalized spacial score (nSPS) is 25.8. The van der Waals surface area contributed by atoms with Crippen molar-refractivity contribution in [3.63, 3.8) is 0 Å². The summed E-state index contributed by atoms with van der Waals surface area (Å²) < 4.78 is 14.2. The van der Waals surface area contributed by atoms with E-state index in [1.165, 1.54) is 25.0 Å². The van der Waals surface area contributed by atoms with Gasteiger partial charge >= 0.3 is 0 Å². The SMILES string of the molecule is C/C(=N\C1(N(C=O)C(CCC2(C)CC2)c2ccc(C=O)cc2)CC(C)CC(C)C1)c1cc(F)cc(Cl)c1. The molecule has 0 N–H and O–H groups in total. The van der Waals surface area contributed by atoms with Crippen LogP contribution in [0.25, 0.3) is 0 Å². The van der Waals surface area contributed by atoms with Gasteiger partial charge in [0.25, 0.3) is 0 Å². The summed E-state index contributed by atoms with van der Waals surface area (Å²) in [7, 11) is 0. The van der Waals surface area contributed by atoms with Gasteiger partial charge in [-0.3, -0.25) is 14.6 Å². The van der Waals surface area contributed by atoms with E-state index in [2.05, 4.69) is 20.8 Å². The van der Waals surface area contributed by atoms with E-state index in [1.807, 2.05) is 36.1 Å². The van der Waals surface area contributed by atoms with E-state index in [4.69, 9.17) is 16.6 Å².